The normalized spacial score (nSPS) is 13.3. The molecule has 1 unspecified atom stereocenters. The molecule has 0 aliphatic carbocycles. The lowest BCUT2D eigenvalue weighted by atomic mass is 10.3. The number of ether oxygens (including phenoxy) is 2. The Kier molecular flexibility index (Phi) is 4.94. The van der Waals surface area contributed by atoms with Gasteiger partial charge in [-0.15, -0.1) is 0 Å². The van der Waals surface area contributed by atoms with Crippen LogP contribution >= 0.6 is 0 Å². The number of rotatable bonds is 6. The summed E-state index contributed by atoms with van der Waals surface area (Å²) in [7, 11) is -3.84. The van der Waals surface area contributed by atoms with Crippen LogP contribution in [0.5, 0.6) is 5.75 Å². The average molecular weight is 274 g/mol. The van der Waals surface area contributed by atoms with Gasteiger partial charge in [-0.05, 0) is 26.0 Å². The van der Waals surface area contributed by atoms with Gasteiger partial charge >= 0.3 is 0 Å². The molecule has 4 N–H and O–H groups in total. The third-order valence-corrected chi connectivity index (χ3v) is 3.19. The minimum absolute atomic E-state index is 0.0170. The van der Waals surface area contributed by atoms with Gasteiger partial charge in [0.2, 0.25) is 10.0 Å². The molecule has 0 aromatic heterocycles. The van der Waals surface area contributed by atoms with E-state index in [1.54, 1.807) is 13.0 Å². The van der Waals surface area contributed by atoms with Crippen molar-refractivity contribution in [1.82, 2.24) is 0 Å². The predicted octanol–water partition coefficient (Wildman–Crippen LogP) is 0.720. The van der Waals surface area contributed by atoms with E-state index in [-0.39, 0.29) is 22.4 Å². The van der Waals surface area contributed by atoms with E-state index in [1.165, 1.54) is 12.1 Å². The maximum absolute atomic E-state index is 11.3. The number of benzene rings is 1. The van der Waals surface area contributed by atoms with Gasteiger partial charge < -0.3 is 15.2 Å². The van der Waals surface area contributed by atoms with E-state index in [1.807, 2.05) is 6.92 Å². The van der Waals surface area contributed by atoms with Crippen molar-refractivity contribution in [3.05, 3.63) is 18.2 Å². The molecule has 0 saturated carbocycles. The summed E-state index contributed by atoms with van der Waals surface area (Å²) < 4.78 is 33.3. The quantitative estimate of drug-likeness (QED) is 0.744. The molecule has 0 fully saturated rings. The highest BCUT2D eigenvalue weighted by Crippen LogP contribution is 2.28. The van der Waals surface area contributed by atoms with Crippen LogP contribution in [0.1, 0.15) is 13.8 Å². The largest absolute Gasteiger partial charge is 0.486 e. The molecule has 0 spiro atoms. The zero-order valence-corrected chi connectivity index (χ0v) is 11.2. The van der Waals surface area contributed by atoms with Crippen molar-refractivity contribution in [1.29, 1.82) is 0 Å². The summed E-state index contributed by atoms with van der Waals surface area (Å²) in [6, 6.07) is 4.45. The van der Waals surface area contributed by atoms with E-state index >= 15 is 0 Å². The number of nitrogen functional groups attached to an aromatic ring is 1. The smallest absolute Gasteiger partial charge is 0.240 e. The highest BCUT2D eigenvalue weighted by molar-refractivity contribution is 7.89. The lowest BCUT2D eigenvalue weighted by Gasteiger charge is -2.17. The van der Waals surface area contributed by atoms with Crippen LogP contribution in [0.15, 0.2) is 23.1 Å². The Morgan fingerprint density at radius 2 is 2.06 bits per heavy atom. The molecule has 0 aliphatic heterocycles. The second-order valence-electron chi connectivity index (χ2n) is 3.80. The maximum Gasteiger partial charge on any atom is 0.240 e. The summed E-state index contributed by atoms with van der Waals surface area (Å²) in [6.07, 6.45) is -0.233. The molecule has 0 aliphatic rings. The fourth-order valence-corrected chi connectivity index (χ4v) is 2.08. The number of nitrogens with two attached hydrogens (primary N) is 2. The molecular formula is C11H18N2O4S. The lowest BCUT2D eigenvalue weighted by Crippen LogP contribution is -2.21. The van der Waals surface area contributed by atoms with Gasteiger partial charge in [0.1, 0.15) is 16.7 Å². The molecule has 1 atom stereocenters. The van der Waals surface area contributed by atoms with Crippen LogP contribution in [0.25, 0.3) is 0 Å². The first-order valence-corrected chi connectivity index (χ1v) is 7.06. The fourth-order valence-electron chi connectivity index (χ4n) is 1.41. The first kappa shape index (κ1) is 14.7. The molecule has 0 saturated heterocycles. The third-order valence-electron chi connectivity index (χ3n) is 2.22. The number of sulfonamides is 1. The average Bonchev–Trinajstić information content (AvgIpc) is 2.27. The van der Waals surface area contributed by atoms with Crippen molar-refractivity contribution in [3.63, 3.8) is 0 Å². The van der Waals surface area contributed by atoms with E-state index in [0.717, 1.165) is 0 Å². The van der Waals surface area contributed by atoms with Crippen molar-refractivity contribution in [3.8, 4) is 5.75 Å². The first-order chi connectivity index (χ1) is 8.36. The van der Waals surface area contributed by atoms with Crippen molar-refractivity contribution < 1.29 is 17.9 Å². The molecular weight excluding hydrogens is 256 g/mol. The number of para-hydroxylation sites is 1. The van der Waals surface area contributed by atoms with Gasteiger partial charge in [-0.3, -0.25) is 0 Å². The van der Waals surface area contributed by atoms with Gasteiger partial charge in [0, 0.05) is 6.61 Å². The van der Waals surface area contributed by atoms with Crippen molar-refractivity contribution in [2.75, 3.05) is 18.9 Å². The maximum atomic E-state index is 11.3. The molecule has 0 amide bonds. The van der Waals surface area contributed by atoms with Gasteiger partial charge in [-0.2, -0.15) is 0 Å². The molecule has 1 rings (SSSR count). The van der Waals surface area contributed by atoms with Crippen LogP contribution in [-0.4, -0.2) is 27.7 Å². The zero-order chi connectivity index (χ0) is 13.8. The Labute approximate surface area is 107 Å². The number of hydrogen-bond donors (Lipinski definition) is 2. The van der Waals surface area contributed by atoms with Gasteiger partial charge in [0.05, 0.1) is 12.3 Å². The second-order valence-corrected chi connectivity index (χ2v) is 5.33. The Balaban J connectivity index is 2.91. The summed E-state index contributed by atoms with van der Waals surface area (Å²) >= 11 is 0. The third kappa shape index (κ3) is 3.86. The van der Waals surface area contributed by atoms with Crippen LogP contribution in [0.4, 0.5) is 5.69 Å². The molecule has 0 bridgehead atoms. The standard InChI is InChI=1S/C11H18N2O4S/c1-3-16-7-8(2)17-9-5-4-6-10(11(9)12)18(13,14)15/h4-6,8H,3,7,12H2,1-2H3,(H2,13,14,15). The summed E-state index contributed by atoms with van der Waals surface area (Å²) in [5.74, 6) is 0.286. The molecule has 1 aromatic carbocycles. The molecule has 102 valence electrons. The topological polar surface area (TPSA) is 105 Å². The number of primary sulfonamides is 1. The van der Waals surface area contributed by atoms with Crippen LogP contribution in [0.2, 0.25) is 0 Å². The molecule has 6 nitrogen and oxygen atoms in total. The molecule has 7 heteroatoms. The van der Waals surface area contributed by atoms with Gasteiger partial charge in [0.25, 0.3) is 0 Å². The highest BCUT2D eigenvalue weighted by atomic mass is 32.2. The Bertz CT molecular complexity index is 502. The van der Waals surface area contributed by atoms with E-state index in [9.17, 15) is 8.42 Å². The van der Waals surface area contributed by atoms with Crippen LogP contribution in [-0.2, 0) is 14.8 Å². The predicted molar refractivity (Wildman–Crippen MR) is 68.8 cm³/mol. The second kappa shape index (κ2) is 6.03. The lowest BCUT2D eigenvalue weighted by molar-refractivity contribution is 0.0660. The monoisotopic (exact) mass is 274 g/mol. The van der Waals surface area contributed by atoms with E-state index in [2.05, 4.69) is 0 Å². The number of hydrogen-bond acceptors (Lipinski definition) is 5. The Morgan fingerprint density at radius 3 is 2.61 bits per heavy atom. The van der Waals surface area contributed by atoms with Crippen molar-refractivity contribution in [2.45, 2.75) is 24.8 Å². The first-order valence-electron chi connectivity index (χ1n) is 5.52. The van der Waals surface area contributed by atoms with Crippen molar-refractivity contribution in [2.24, 2.45) is 5.14 Å². The van der Waals surface area contributed by atoms with E-state index < -0.39 is 10.0 Å². The van der Waals surface area contributed by atoms with E-state index in [0.29, 0.717) is 13.2 Å². The summed E-state index contributed by atoms with van der Waals surface area (Å²) in [5, 5.41) is 5.05. The Hall–Kier alpha value is -1.31. The molecule has 1 aromatic rings. The van der Waals surface area contributed by atoms with Crippen molar-refractivity contribution >= 4 is 15.7 Å². The summed E-state index contributed by atoms with van der Waals surface area (Å²) in [4.78, 5) is -0.136. The molecule has 0 radical (unpaired) electrons. The Morgan fingerprint density at radius 1 is 1.39 bits per heavy atom. The van der Waals surface area contributed by atoms with Crippen LogP contribution in [0.3, 0.4) is 0 Å². The minimum atomic E-state index is -3.84. The molecule has 18 heavy (non-hydrogen) atoms. The highest BCUT2D eigenvalue weighted by Gasteiger charge is 2.16. The van der Waals surface area contributed by atoms with Gasteiger partial charge in [-0.25, -0.2) is 13.6 Å². The van der Waals surface area contributed by atoms with Crippen LogP contribution < -0.4 is 15.6 Å². The number of anilines is 1. The van der Waals surface area contributed by atoms with Crippen LogP contribution in [0, 0.1) is 0 Å². The fraction of sp³-hybridized carbons (Fsp3) is 0.455. The van der Waals surface area contributed by atoms with Gasteiger partial charge in [-0.1, -0.05) is 6.07 Å². The SMILES string of the molecule is CCOCC(C)Oc1cccc(S(N)(=O)=O)c1N. The zero-order valence-electron chi connectivity index (χ0n) is 10.4. The van der Waals surface area contributed by atoms with Gasteiger partial charge in [0.15, 0.2) is 0 Å². The summed E-state index contributed by atoms with van der Waals surface area (Å²) in [5.41, 5.74) is 5.74. The van der Waals surface area contributed by atoms with E-state index in [4.69, 9.17) is 20.3 Å². The summed E-state index contributed by atoms with van der Waals surface area (Å²) in [6.45, 7) is 4.66. The molecule has 0 heterocycles. The minimum Gasteiger partial charge on any atom is -0.486 e.